The number of amides is 1. The van der Waals surface area contributed by atoms with E-state index < -0.39 is 0 Å². The van der Waals surface area contributed by atoms with Crippen molar-refractivity contribution in [2.24, 2.45) is 0 Å². The van der Waals surface area contributed by atoms with Gasteiger partial charge in [-0.05, 0) is 36.4 Å². The predicted molar refractivity (Wildman–Crippen MR) is 85.8 cm³/mol. The van der Waals surface area contributed by atoms with Crippen LogP contribution < -0.4 is 15.5 Å². The summed E-state index contributed by atoms with van der Waals surface area (Å²) in [6.07, 6.45) is 0. The lowest BCUT2D eigenvalue weighted by molar-refractivity contribution is -0.115. The molecule has 2 N–H and O–H groups in total. The van der Waals surface area contributed by atoms with Crippen LogP contribution in [0.5, 0.6) is 0 Å². The predicted octanol–water partition coefficient (Wildman–Crippen LogP) is 3.58. The molecule has 1 heterocycles. The number of hydrogen-bond donors (Lipinski definition) is 2. The molecule has 4 nitrogen and oxygen atoms in total. The Labute approximate surface area is 125 Å². The van der Waals surface area contributed by atoms with Crippen molar-refractivity contribution in [2.75, 3.05) is 29.1 Å². The number of nitrogens with one attached hydrogen (secondary N) is 2. The molecule has 0 bridgehead atoms. The van der Waals surface area contributed by atoms with E-state index in [9.17, 15) is 4.79 Å². The fourth-order valence-corrected chi connectivity index (χ4v) is 2.68. The van der Waals surface area contributed by atoms with Gasteiger partial charge in [-0.3, -0.25) is 4.79 Å². The molecule has 0 atom stereocenters. The molecule has 1 amide bonds. The number of carbonyl (C=O) groups excluding carboxylic acids is 1. The standard InChI is InChI=1S/C15H14BrN3O/c1-17-11-3-2-4-12(8-11)19-9-15(20)18-13-7-10(16)5-6-14(13)19/h2-8,17H,9H2,1H3,(H,18,20). The number of hydrogen-bond acceptors (Lipinski definition) is 3. The molecule has 2 aromatic rings. The molecule has 5 heteroatoms. The van der Waals surface area contributed by atoms with Gasteiger partial charge in [-0.1, -0.05) is 22.0 Å². The summed E-state index contributed by atoms with van der Waals surface area (Å²) in [6.45, 7) is 0.321. The van der Waals surface area contributed by atoms with Gasteiger partial charge in [0.05, 0.1) is 11.4 Å². The van der Waals surface area contributed by atoms with Gasteiger partial charge >= 0.3 is 0 Å². The van der Waals surface area contributed by atoms with E-state index in [0.717, 1.165) is 27.2 Å². The van der Waals surface area contributed by atoms with Crippen LogP contribution in [0.1, 0.15) is 0 Å². The van der Waals surface area contributed by atoms with E-state index in [0.29, 0.717) is 6.54 Å². The third-order valence-corrected chi connectivity index (χ3v) is 3.76. The molecular formula is C15H14BrN3O. The zero-order chi connectivity index (χ0) is 14.1. The average Bonchev–Trinajstić information content (AvgIpc) is 2.46. The van der Waals surface area contributed by atoms with Crippen molar-refractivity contribution in [2.45, 2.75) is 0 Å². The van der Waals surface area contributed by atoms with E-state index in [1.54, 1.807) is 0 Å². The Hall–Kier alpha value is -2.01. The molecule has 20 heavy (non-hydrogen) atoms. The Morgan fingerprint density at radius 3 is 2.90 bits per heavy atom. The summed E-state index contributed by atoms with van der Waals surface area (Å²) < 4.78 is 0.947. The van der Waals surface area contributed by atoms with Gasteiger partial charge in [0.1, 0.15) is 6.54 Å². The van der Waals surface area contributed by atoms with Gasteiger partial charge in [-0.15, -0.1) is 0 Å². The van der Waals surface area contributed by atoms with Crippen LogP contribution in [0, 0.1) is 0 Å². The summed E-state index contributed by atoms with van der Waals surface area (Å²) in [6, 6.07) is 13.9. The van der Waals surface area contributed by atoms with Crippen molar-refractivity contribution < 1.29 is 4.79 Å². The van der Waals surface area contributed by atoms with Crippen LogP contribution in [-0.2, 0) is 4.79 Å². The minimum absolute atomic E-state index is 0.00883. The zero-order valence-corrected chi connectivity index (χ0v) is 12.6. The first-order valence-corrected chi connectivity index (χ1v) is 7.11. The number of halogens is 1. The highest BCUT2D eigenvalue weighted by molar-refractivity contribution is 9.10. The molecular weight excluding hydrogens is 318 g/mol. The van der Waals surface area contributed by atoms with E-state index in [1.807, 2.05) is 54.4 Å². The maximum atomic E-state index is 11.9. The van der Waals surface area contributed by atoms with Gasteiger partial charge in [-0.2, -0.15) is 0 Å². The van der Waals surface area contributed by atoms with Gasteiger partial charge in [0.25, 0.3) is 0 Å². The average molecular weight is 332 g/mol. The Kier molecular flexibility index (Phi) is 3.36. The maximum absolute atomic E-state index is 11.9. The lowest BCUT2D eigenvalue weighted by Gasteiger charge is -2.31. The SMILES string of the molecule is CNc1cccc(N2CC(=O)Nc3cc(Br)ccc32)c1. The van der Waals surface area contributed by atoms with Crippen molar-refractivity contribution >= 4 is 44.6 Å². The topological polar surface area (TPSA) is 44.4 Å². The first-order valence-electron chi connectivity index (χ1n) is 6.32. The summed E-state index contributed by atoms with van der Waals surface area (Å²) in [5.41, 5.74) is 3.84. The molecule has 0 radical (unpaired) electrons. The van der Waals surface area contributed by atoms with Crippen LogP contribution in [0.4, 0.5) is 22.7 Å². The Morgan fingerprint density at radius 2 is 2.10 bits per heavy atom. The quantitative estimate of drug-likeness (QED) is 0.883. The summed E-state index contributed by atoms with van der Waals surface area (Å²) in [4.78, 5) is 13.9. The molecule has 0 unspecified atom stereocenters. The molecule has 102 valence electrons. The molecule has 0 fully saturated rings. The molecule has 3 rings (SSSR count). The first-order chi connectivity index (χ1) is 9.67. The summed E-state index contributed by atoms with van der Waals surface area (Å²) in [5.74, 6) is -0.00883. The van der Waals surface area contributed by atoms with Crippen LogP contribution in [0.15, 0.2) is 46.9 Å². The fraction of sp³-hybridized carbons (Fsp3) is 0.133. The van der Waals surface area contributed by atoms with Crippen LogP contribution >= 0.6 is 15.9 Å². The van der Waals surface area contributed by atoms with Crippen molar-refractivity contribution in [3.8, 4) is 0 Å². The van der Waals surface area contributed by atoms with Crippen molar-refractivity contribution in [1.29, 1.82) is 0 Å². The molecule has 0 saturated carbocycles. The second-order valence-corrected chi connectivity index (χ2v) is 5.51. The molecule has 0 spiro atoms. The lowest BCUT2D eigenvalue weighted by atomic mass is 10.1. The van der Waals surface area contributed by atoms with Gasteiger partial charge in [0, 0.05) is 22.9 Å². The number of carbonyl (C=O) groups is 1. The van der Waals surface area contributed by atoms with Crippen molar-refractivity contribution in [3.63, 3.8) is 0 Å². The second-order valence-electron chi connectivity index (χ2n) is 4.60. The zero-order valence-electron chi connectivity index (χ0n) is 11.0. The normalized spacial score (nSPS) is 13.7. The molecule has 0 saturated heterocycles. The van der Waals surface area contributed by atoms with E-state index in [2.05, 4.69) is 26.6 Å². The van der Waals surface area contributed by atoms with Crippen LogP contribution in [-0.4, -0.2) is 19.5 Å². The van der Waals surface area contributed by atoms with E-state index in [4.69, 9.17) is 0 Å². The molecule has 0 aromatic heterocycles. The third-order valence-electron chi connectivity index (χ3n) is 3.27. The van der Waals surface area contributed by atoms with Crippen molar-refractivity contribution in [1.82, 2.24) is 0 Å². The maximum Gasteiger partial charge on any atom is 0.244 e. The highest BCUT2D eigenvalue weighted by Crippen LogP contribution is 2.37. The lowest BCUT2D eigenvalue weighted by Crippen LogP contribution is -2.35. The minimum atomic E-state index is -0.00883. The molecule has 1 aliphatic heterocycles. The third kappa shape index (κ3) is 2.36. The number of rotatable bonds is 2. The highest BCUT2D eigenvalue weighted by Gasteiger charge is 2.23. The van der Waals surface area contributed by atoms with E-state index >= 15 is 0 Å². The summed E-state index contributed by atoms with van der Waals surface area (Å²) >= 11 is 3.43. The number of fused-ring (bicyclic) bond motifs is 1. The fourth-order valence-electron chi connectivity index (χ4n) is 2.32. The van der Waals surface area contributed by atoms with Gasteiger partial charge in [0.2, 0.25) is 5.91 Å². The minimum Gasteiger partial charge on any atom is -0.388 e. The van der Waals surface area contributed by atoms with Crippen molar-refractivity contribution in [3.05, 3.63) is 46.9 Å². The Bertz CT molecular complexity index is 672. The monoisotopic (exact) mass is 331 g/mol. The largest absolute Gasteiger partial charge is 0.388 e. The number of benzene rings is 2. The second kappa shape index (κ2) is 5.17. The van der Waals surface area contributed by atoms with Crippen LogP contribution in [0.2, 0.25) is 0 Å². The highest BCUT2D eigenvalue weighted by atomic mass is 79.9. The summed E-state index contributed by atoms with van der Waals surface area (Å²) in [5, 5.41) is 6.02. The van der Waals surface area contributed by atoms with Gasteiger partial charge in [-0.25, -0.2) is 0 Å². The van der Waals surface area contributed by atoms with Crippen LogP contribution in [0.25, 0.3) is 0 Å². The van der Waals surface area contributed by atoms with E-state index in [1.165, 1.54) is 0 Å². The smallest absolute Gasteiger partial charge is 0.244 e. The Morgan fingerprint density at radius 1 is 1.25 bits per heavy atom. The number of anilines is 4. The van der Waals surface area contributed by atoms with Crippen LogP contribution in [0.3, 0.4) is 0 Å². The number of nitrogens with zero attached hydrogens (tertiary/aromatic N) is 1. The molecule has 0 aliphatic carbocycles. The Balaban J connectivity index is 2.08. The molecule has 2 aromatic carbocycles. The van der Waals surface area contributed by atoms with Gasteiger partial charge < -0.3 is 15.5 Å². The van der Waals surface area contributed by atoms with Gasteiger partial charge in [0.15, 0.2) is 0 Å². The molecule has 1 aliphatic rings. The first kappa shape index (κ1) is 13.0. The van der Waals surface area contributed by atoms with E-state index in [-0.39, 0.29) is 5.91 Å². The summed E-state index contributed by atoms with van der Waals surface area (Å²) in [7, 11) is 1.88.